The van der Waals surface area contributed by atoms with Crippen LogP contribution in [0.15, 0.2) is 45.6 Å². The lowest BCUT2D eigenvalue weighted by atomic mass is 10.0. The third kappa shape index (κ3) is 7.45. The summed E-state index contributed by atoms with van der Waals surface area (Å²) in [4.78, 5) is 18.7. The number of hydrogen-bond acceptors (Lipinski definition) is 4. The second-order valence-electron chi connectivity index (χ2n) is 11.5. The van der Waals surface area contributed by atoms with Gasteiger partial charge in [-0.05, 0) is 139 Å². The molecule has 2 aliphatic heterocycles. The van der Waals surface area contributed by atoms with Crippen molar-refractivity contribution in [2.24, 2.45) is 0 Å². The lowest BCUT2D eigenvalue weighted by Crippen LogP contribution is -2.30. The molecule has 0 amide bonds. The quantitative estimate of drug-likeness (QED) is 0.192. The molecule has 2 aliphatic rings. The number of piperidine rings is 2. The van der Waals surface area contributed by atoms with E-state index >= 15 is 0 Å². The van der Waals surface area contributed by atoms with Crippen LogP contribution in [0, 0.1) is 0 Å². The summed E-state index contributed by atoms with van der Waals surface area (Å²) in [5.74, 6) is 0. The van der Waals surface area contributed by atoms with Gasteiger partial charge in [0.15, 0.2) is 0 Å². The van der Waals surface area contributed by atoms with Crippen molar-refractivity contribution in [2.45, 2.75) is 89.9 Å². The van der Waals surface area contributed by atoms with Crippen molar-refractivity contribution in [1.29, 1.82) is 0 Å². The van der Waals surface area contributed by atoms with Crippen molar-refractivity contribution in [1.82, 2.24) is 9.80 Å². The zero-order valence-electron chi connectivity index (χ0n) is 22.8. The summed E-state index contributed by atoms with van der Waals surface area (Å²) >= 11 is 0. The van der Waals surface area contributed by atoms with E-state index in [1.807, 2.05) is 12.1 Å². The molecule has 1 aromatic heterocycles. The summed E-state index contributed by atoms with van der Waals surface area (Å²) in [6.07, 6.45) is 17.8. The van der Waals surface area contributed by atoms with Crippen LogP contribution in [0.1, 0.15) is 88.2 Å². The summed E-state index contributed by atoms with van der Waals surface area (Å²) in [5.41, 5.74) is 4.03. The van der Waals surface area contributed by atoms with Gasteiger partial charge < -0.3 is 14.2 Å². The van der Waals surface area contributed by atoms with Gasteiger partial charge in [-0.3, -0.25) is 4.79 Å². The van der Waals surface area contributed by atoms with Gasteiger partial charge in [0.2, 0.25) is 5.43 Å². The highest BCUT2D eigenvalue weighted by Crippen LogP contribution is 2.22. The average molecular weight is 503 g/mol. The monoisotopic (exact) mass is 502 g/mol. The zero-order chi connectivity index (χ0) is 25.3. The maximum absolute atomic E-state index is 13.4. The van der Waals surface area contributed by atoms with Crippen molar-refractivity contribution in [2.75, 3.05) is 39.3 Å². The van der Waals surface area contributed by atoms with Crippen molar-refractivity contribution < 1.29 is 4.42 Å². The van der Waals surface area contributed by atoms with Gasteiger partial charge in [0.1, 0.15) is 11.2 Å². The molecule has 2 saturated heterocycles. The summed E-state index contributed by atoms with van der Waals surface area (Å²) in [6.45, 7) is 7.63. The van der Waals surface area contributed by atoms with Gasteiger partial charge in [-0.25, -0.2) is 0 Å². The van der Waals surface area contributed by atoms with E-state index in [9.17, 15) is 4.79 Å². The minimum absolute atomic E-state index is 0.121. The van der Waals surface area contributed by atoms with E-state index in [0.717, 1.165) is 23.6 Å². The van der Waals surface area contributed by atoms with Crippen LogP contribution in [0.3, 0.4) is 0 Å². The molecule has 0 aliphatic carbocycles. The maximum Gasteiger partial charge on any atom is 0.200 e. The lowest BCUT2D eigenvalue weighted by Gasteiger charge is -2.26. The molecule has 0 spiro atoms. The second kappa shape index (κ2) is 13.6. The van der Waals surface area contributed by atoms with Gasteiger partial charge in [-0.2, -0.15) is 0 Å². The third-order valence-corrected chi connectivity index (χ3v) is 8.57. The molecule has 0 N–H and O–H groups in total. The number of rotatable bonds is 12. The van der Waals surface area contributed by atoms with E-state index in [4.69, 9.17) is 4.42 Å². The molecule has 2 fully saturated rings. The van der Waals surface area contributed by atoms with Crippen molar-refractivity contribution in [3.63, 3.8) is 0 Å². The van der Waals surface area contributed by atoms with Crippen LogP contribution in [-0.2, 0) is 12.8 Å². The number of unbranched alkanes of at least 4 members (excludes halogenated alkanes) is 4. The van der Waals surface area contributed by atoms with Gasteiger partial charge in [0, 0.05) is 0 Å². The van der Waals surface area contributed by atoms with Crippen LogP contribution >= 0.6 is 0 Å². The predicted molar refractivity (Wildman–Crippen MR) is 156 cm³/mol. The fourth-order valence-electron chi connectivity index (χ4n) is 6.31. The minimum Gasteiger partial charge on any atom is -0.456 e. The van der Waals surface area contributed by atoms with Crippen LogP contribution in [0.5, 0.6) is 0 Å². The third-order valence-electron chi connectivity index (χ3n) is 8.57. The molecule has 2 aromatic carbocycles. The standard InChI is InChI=1S/C33H46N2O2/c36-33-29-25-27(13-5-1-7-19-34-21-9-3-10-22-34)15-17-31(29)37-32-18-16-28(26-30(32)33)14-6-2-8-20-35-23-11-4-12-24-35/h15-18,25-26H,1-14,19-24H2. The number of aryl methyl sites for hydroxylation is 2. The Kier molecular flexibility index (Phi) is 9.70. The first-order valence-electron chi connectivity index (χ1n) is 15.2. The van der Waals surface area contributed by atoms with Gasteiger partial charge in [0.25, 0.3) is 0 Å². The van der Waals surface area contributed by atoms with E-state index in [1.54, 1.807) is 0 Å². The minimum atomic E-state index is 0.121. The molecule has 3 aromatic rings. The fraction of sp³-hybridized carbons (Fsp3) is 0.606. The van der Waals surface area contributed by atoms with Crippen LogP contribution in [0.2, 0.25) is 0 Å². The second-order valence-corrected chi connectivity index (χ2v) is 11.5. The molecule has 0 saturated carbocycles. The molecular formula is C33H46N2O2. The number of fused-ring (bicyclic) bond motifs is 2. The summed E-state index contributed by atoms with van der Waals surface area (Å²) < 4.78 is 6.15. The lowest BCUT2D eigenvalue weighted by molar-refractivity contribution is 0.224. The Morgan fingerprint density at radius 1 is 0.568 bits per heavy atom. The first-order valence-corrected chi connectivity index (χ1v) is 15.2. The zero-order valence-corrected chi connectivity index (χ0v) is 22.8. The molecular weight excluding hydrogens is 456 g/mol. The van der Waals surface area contributed by atoms with Crippen molar-refractivity contribution >= 4 is 21.9 Å². The smallest absolute Gasteiger partial charge is 0.200 e. The molecule has 4 nitrogen and oxygen atoms in total. The fourth-order valence-corrected chi connectivity index (χ4v) is 6.31. The van der Waals surface area contributed by atoms with E-state index in [1.165, 1.54) is 127 Å². The number of nitrogens with zero attached hydrogens (tertiary/aromatic N) is 2. The summed E-state index contributed by atoms with van der Waals surface area (Å²) in [7, 11) is 0. The van der Waals surface area contributed by atoms with E-state index in [-0.39, 0.29) is 5.43 Å². The maximum atomic E-state index is 13.4. The average Bonchev–Trinajstić information content (AvgIpc) is 2.94. The van der Waals surface area contributed by atoms with Crippen LogP contribution in [-0.4, -0.2) is 49.1 Å². The molecule has 4 heteroatoms. The predicted octanol–water partition coefficient (Wildman–Crippen LogP) is 7.34. The Morgan fingerprint density at radius 2 is 1.03 bits per heavy atom. The summed E-state index contributed by atoms with van der Waals surface area (Å²) in [6, 6.07) is 12.4. The Balaban J connectivity index is 1.14. The van der Waals surface area contributed by atoms with Gasteiger partial charge >= 0.3 is 0 Å². The molecule has 0 bridgehead atoms. The highest BCUT2D eigenvalue weighted by Gasteiger charge is 2.12. The number of likely N-dealkylation sites (tertiary alicyclic amines) is 2. The van der Waals surface area contributed by atoms with Gasteiger partial charge in [-0.15, -0.1) is 0 Å². The van der Waals surface area contributed by atoms with E-state index in [2.05, 4.69) is 34.1 Å². The largest absolute Gasteiger partial charge is 0.456 e. The van der Waals surface area contributed by atoms with Crippen LogP contribution in [0.4, 0.5) is 0 Å². The SMILES string of the molecule is O=c1c2cc(CCCCCN3CCCCC3)ccc2oc2ccc(CCCCCN3CCCCC3)cc12. The molecule has 0 unspecified atom stereocenters. The van der Waals surface area contributed by atoms with E-state index < -0.39 is 0 Å². The summed E-state index contributed by atoms with van der Waals surface area (Å²) in [5, 5.41) is 1.47. The van der Waals surface area contributed by atoms with Crippen LogP contribution < -0.4 is 5.43 Å². The first-order chi connectivity index (χ1) is 18.3. The molecule has 0 atom stereocenters. The van der Waals surface area contributed by atoms with E-state index in [0.29, 0.717) is 11.2 Å². The number of hydrogen-bond donors (Lipinski definition) is 0. The Hall–Kier alpha value is -2.17. The molecule has 5 rings (SSSR count). The van der Waals surface area contributed by atoms with Crippen molar-refractivity contribution in [3.05, 3.63) is 57.7 Å². The molecule has 0 radical (unpaired) electrons. The Bertz CT molecular complexity index is 1100. The van der Waals surface area contributed by atoms with Gasteiger partial charge in [0.05, 0.1) is 10.8 Å². The Labute approximate surface area is 223 Å². The normalized spacial score (nSPS) is 17.6. The highest BCUT2D eigenvalue weighted by atomic mass is 16.3. The molecule has 200 valence electrons. The first kappa shape index (κ1) is 26.4. The number of benzene rings is 2. The topological polar surface area (TPSA) is 36.7 Å². The van der Waals surface area contributed by atoms with Crippen LogP contribution in [0.25, 0.3) is 21.9 Å². The Morgan fingerprint density at radius 3 is 1.49 bits per heavy atom. The van der Waals surface area contributed by atoms with Gasteiger partial charge in [-0.1, -0.05) is 37.8 Å². The van der Waals surface area contributed by atoms with Crippen molar-refractivity contribution in [3.8, 4) is 0 Å². The molecule has 3 heterocycles. The highest BCUT2D eigenvalue weighted by molar-refractivity contribution is 5.90. The molecule has 37 heavy (non-hydrogen) atoms.